The molecule has 0 saturated carbocycles. The molecule has 9 heteroatoms. The van der Waals surface area contributed by atoms with Gasteiger partial charge in [-0.1, -0.05) is 6.58 Å². The van der Waals surface area contributed by atoms with Crippen molar-refractivity contribution in [2.75, 3.05) is 19.0 Å². The van der Waals surface area contributed by atoms with E-state index < -0.39 is 30.7 Å². The summed E-state index contributed by atoms with van der Waals surface area (Å²) in [5.41, 5.74) is -1.46. The van der Waals surface area contributed by atoms with Gasteiger partial charge in [-0.3, -0.25) is 4.57 Å². The van der Waals surface area contributed by atoms with Crippen LogP contribution in [0.5, 0.6) is 0 Å². The topological polar surface area (TPSA) is 105 Å². The van der Waals surface area contributed by atoms with Crippen molar-refractivity contribution >= 4 is 17.0 Å². The molecule has 4 atom stereocenters. The number of aliphatic hydroxyl groups is 2. The monoisotopic (exact) mass is 323 g/mol. The Morgan fingerprint density at radius 3 is 2.91 bits per heavy atom. The molecule has 3 rings (SSSR count). The van der Waals surface area contributed by atoms with E-state index >= 15 is 4.39 Å². The summed E-state index contributed by atoms with van der Waals surface area (Å²) in [5, 5.41) is 22.3. The van der Waals surface area contributed by atoms with E-state index in [2.05, 4.69) is 26.8 Å². The van der Waals surface area contributed by atoms with Gasteiger partial charge in [-0.15, -0.1) is 0 Å². The largest absolute Gasteiger partial charge is 0.394 e. The molecular weight excluding hydrogens is 305 g/mol. The molecular formula is C14H18FN5O3. The van der Waals surface area contributed by atoms with Crippen molar-refractivity contribution in [2.24, 2.45) is 0 Å². The first-order valence-corrected chi connectivity index (χ1v) is 7.12. The fraction of sp³-hybridized carbons (Fsp3) is 0.500. The highest BCUT2D eigenvalue weighted by molar-refractivity contribution is 5.83. The summed E-state index contributed by atoms with van der Waals surface area (Å²) in [6.07, 6.45) is -1.49. The van der Waals surface area contributed by atoms with E-state index in [1.54, 1.807) is 14.0 Å². The highest BCUT2D eigenvalue weighted by atomic mass is 19.1. The predicted molar refractivity (Wildman–Crippen MR) is 80.6 cm³/mol. The smallest absolute Gasteiger partial charge is 0.201 e. The molecule has 0 unspecified atom stereocenters. The number of imidazole rings is 1. The van der Waals surface area contributed by atoms with Gasteiger partial charge < -0.3 is 20.3 Å². The molecule has 2 aromatic heterocycles. The normalized spacial score (nSPS) is 30.7. The second-order valence-electron chi connectivity index (χ2n) is 5.38. The van der Waals surface area contributed by atoms with Crippen LogP contribution in [0.2, 0.25) is 0 Å². The van der Waals surface area contributed by atoms with Crippen molar-refractivity contribution < 1.29 is 19.3 Å². The van der Waals surface area contributed by atoms with E-state index in [4.69, 9.17) is 4.74 Å². The number of nitrogens with one attached hydrogen (secondary N) is 1. The molecule has 1 aliphatic rings. The molecule has 0 amide bonds. The van der Waals surface area contributed by atoms with Gasteiger partial charge in [-0.25, -0.2) is 19.3 Å². The number of nitrogens with zero attached hydrogens (tertiary/aromatic N) is 4. The highest BCUT2D eigenvalue weighted by Crippen LogP contribution is 2.43. The van der Waals surface area contributed by atoms with Crippen molar-refractivity contribution in [1.82, 2.24) is 19.5 Å². The van der Waals surface area contributed by atoms with Gasteiger partial charge in [0.2, 0.25) is 5.67 Å². The predicted octanol–water partition coefficient (Wildman–Crippen LogP) is 0.321. The van der Waals surface area contributed by atoms with Crippen LogP contribution in [0, 0.1) is 6.92 Å². The molecule has 8 nitrogen and oxygen atoms in total. The molecule has 0 radical (unpaired) electrons. The van der Waals surface area contributed by atoms with Gasteiger partial charge in [-0.05, 0) is 13.0 Å². The number of anilines is 1. The summed E-state index contributed by atoms with van der Waals surface area (Å²) < 4.78 is 22.1. The minimum Gasteiger partial charge on any atom is -0.394 e. The van der Waals surface area contributed by atoms with Crippen LogP contribution in [0.3, 0.4) is 0 Å². The third kappa shape index (κ3) is 2.19. The number of hydrogen-bond acceptors (Lipinski definition) is 7. The molecule has 3 heterocycles. The molecule has 124 valence electrons. The van der Waals surface area contributed by atoms with E-state index in [0.717, 1.165) is 6.08 Å². The SMILES string of the molecule is C=C[C@@]1(F)[C@H](O)[C@@H](CO)O[C@H]1n1cnc2c(NC)nc(C)nc21. The van der Waals surface area contributed by atoms with Crippen LogP contribution in [0.15, 0.2) is 19.0 Å². The number of aromatic nitrogens is 4. The van der Waals surface area contributed by atoms with Gasteiger partial charge in [0.15, 0.2) is 23.2 Å². The Labute approximate surface area is 131 Å². The zero-order valence-corrected chi connectivity index (χ0v) is 12.8. The lowest BCUT2D eigenvalue weighted by molar-refractivity contribution is -0.0515. The maximum atomic E-state index is 15.2. The summed E-state index contributed by atoms with van der Waals surface area (Å²) in [6, 6.07) is 0. The van der Waals surface area contributed by atoms with Crippen LogP contribution in [-0.2, 0) is 4.74 Å². The Bertz CT molecular complexity index is 751. The van der Waals surface area contributed by atoms with E-state index in [-0.39, 0.29) is 0 Å². The molecule has 0 bridgehead atoms. The minimum absolute atomic E-state index is 0.363. The first kappa shape index (κ1) is 15.8. The van der Waals surface area contributed by atoms with Crippen LogP contribution in [0.4, 0.5) is 10.2 Å². The summed E-state index contributed by atoms with van der Waals surface area (Å²) in [7, 11) is 1.70. The molecule has 1 fully saturated rings. The van der Waals surface area contributed by atoms with Crippen molar-refractivity contribution in [3.63, 3.8) is 0 Å². The molecule has 1 aliphatic heterocycles. The summed E-state index contributed by atoms with van der Waals surface area (Å²) in [4.78, 5) is 12.7. The molecule has 1 saturated heterocycles. The van der Waals surface area contributed by atoms with Crippen LogP contribution in [-0.4, -0.2) is 61.3 Å². The fourth-order valence-corrected chi connectivity index (χ4v) is 2.79. The summed E-state index contributed by atoms with van der Waals surface area (Å²) in [6.45, 7) is 4.64. The maximum Gasteiger partial charge on any atom is 0.201 e. The lowest BCUT2D eigenvalue weighted by Crippen LogP contribution is -2.41. The van der Waals surface area contributed by atoms with E-state index in [0.29, 0.717) is 22.8 Å². The lowest BCUT2D eigenvalue weighted by Gasteiger charge is -2.25. The molecule has 23 heavy (non-hydrogen) atoms. The van der Waals surface area contributed by atoms with Crippen LogP contribution in [0.1, 0.15) is 12.1 Å². The van der Waals surface area contributed by atoms with Gasteiger partial charge in [0.25, 0.3) is 0 Å². The summed E-state index contributed by atoms with van der Waals surface area (Å²) in [5.74, 6) is 0.982. The number of fused-ring (bicyclic) bond motifs is 1. The number of aliphatic hydroxyl groups excluding tert-OH is 2. The maximum absolute atomic E-state index is 15.2. The number of ether oxygens (including phenoxy) is 1. The average Bonchev–Trinajstić information content (AvgIpc) is 3.07. The Balaban J connectivity index is 2.16. The summed E-state index contributed by atoms with van der Waals surface area (Å²) >= 11 is 0. The average molecular weight is 323 g/mol. The van der Waals surface area contributed by atoms with Gasteiger partial charge >= 0.3 is 0 Å². The van der Waals surface area contributed by atoms with Crippen molar-refractivity contribution in [3.8, 4) is 0 Å². The Hall–Kier alpha value is -2.10. The Kier molecular flexibility index (Phi) is 3.78. The van der Waals surface area contributed by atoms with Gasteiger partial charge in [-0.2, -0.15) is 0 Å². The Morgan fingerprint density at radius 1 is 1.57 bits per heavy atom. The minimum atomic E-state index is -2.28. The van der Waals surface area contributed by atoms with Crippen molar-refractivity contribution in [1.29, 1.82) is 0 Å². The van der Waals surface area contributed by atoms with Crippen molar-refractivity contribution in [2.45, 2.75) is 31.0 Å². The standard InChI is InChI=1S/C14H18FN5O3/c1-4-14(15)10(22)8(5-21)23-13(14)20-6-17-9-11(16-3)18-7(2)19-12(9)20/h4,6,8,10,13,21-22H,1,5H2,2-3H3,(H,16,18,19)/t8-,10-,13-,14-/m1/s1. The van der Waals surface area contributed by atoms with Crippen LogP contribution in [0.25, 0.3) is 11.2 Å². The highest BCUT2D eigenvalue weighted by Gasteiger charge is 2.56. The molecule has 0 aliphatic carbocycles. The molecule has 0 aromatic carbocycles. The van der Waals surface area contributed by atoms with E-state index in [9.17, 15) is 10.2 Å². The second kappa shape index (κ2) is 5.52. The first-order chi connectivity index (χ1) is 11.0. The van der Waals surface area contributed by atoms with Crippen LogP contribution >= 0.6 is 0 Å². The lowest BCUT2D eigenvalue weighted by atomic mass is 9.96. The first-order valence-electron chi connectivity index (χ1n) is 7.12. The number of aryl methyl sites for hydroxylation is 1. The zero-order valence-electron chi connectivity index (χ0n) is 12.8. The number of alkyl halides is 1. The number of rotatable bonds is 4. The van der Waals surface area contributed by atoms with Gasteiger partial charge in [0.05, 0.1) is 12.9 Å². The molecule has 0 spiro atoms. The number of halogens is 1. The van der Waals surface area contributed by atoms with Gasteiger partial charge in [0, 0.05) is 7.05 Å². The van der Waals surface area contributed by atoms with Gasteiger partial charge in [0.1, 0.15) is 18.0 Å². The third-order valence-corrected chi connectivity index (χ3v) is 4.00. The molecule has 2 aromatic rings. The van der Waals surface area contributed by atoms with Crippen LogP contribution < -0.4 is 5.32 Å². The quantitative estimate of drug-likeness (QED) is 0.696. The van der Waals surface area contributed by atoms with Crippen molar-refractivity contribution in [3.05, 3.63) is 24.8 Å². The van der Waals surface area contributed by atoms with E-state index in [1.165, 1.54) is 10.9 Å². The fourth-order valence-electron chi connectivity index (χ4n) is 2.79. The number of hydrogen-bond donors (Lipinski definition) is 3. The zero-order chi connectivity index (χ0) is 16.8. The third-order valence-electron chi connectivity index (χ3n) is 4.00. The second-order valence-corrected chi connectivity index (χ2v) is 5.38. The van der Waals surface area contributed by atoms with E-state index in [1.807, 2.05) is 0 Å². The Morgan fingerprint density at radius 2 is 2.30 bits per heavy atom. The molecule has 3 N–H and O–H groups in total.